The predicted octanol–water partition coefficient (Wildman–Crippen LogP) is 5.84. The molecule has 2 aromatic rings. The van der Waals surface area contributed by atoms with E-state index in [0.29, 0.717) is 14.5 Å². The van der Waals surface area contributed by atoms with Gasteiger partial charge < -0.3 is 10.0 Å². The third kappa shape index (κ3) is 3.67. The van der Waals surface area contributed by atoms with Crippen LogP contribution in [0.15, 0.2) is 45.3 Å². The fraction of sp³-hybridized carbons (Fsp3) is 0.316. The molecular weight excluding hydrogens is 434 g/mol. The smallest absolute Gasteiger partial charge is 0.256 e. The van der Waals surface area contributed by atoms with Gasteiger partial charge in [-0.25, -0.2) is 0 Å². The maximum atomic E-state index is 13.2. The van der Waals surface area contributed by atoms with Crippen molar-refractivity contribution in [1.82, 2.24) is 4.90 Å². The lowest BCUT2D eigenvalue weighted by Crippen LogP contribution is -2.42. The molecule has 0 aliphatic rings. The minimum Gasteiger partial charge on any atom is -0.507 e. The molecule has 2 rings (SSSR count). The Bertz CT molecular complexity index is 735. The summed E-state index contributed by atoms with van der Waals surface area (Å²) >= 11 is 6.96. The zero-order valence-corrected chi connectivity index (χ0v) is 17.3. The first-order valence-corrected chi connectivity index (χ1v) is 9.43. The highest BCUT2D eigenvalue weighted by Crippen LogP contribution is 2.41. The molecule has 0 saturated heterocycles. The molecule has 0 spiro atoms. The molecule has 0 atom stereocenters. The average molecular weight is 455 g/mol. The summed E-state index contributed by atoms with van der Waals surface area (Å²) in [6.45, 7) is 7.95. The van der Waals surface area contributed by atoms with Gasteiger partial charge in [0, 0.05) is 22.1 Å². The fourth-order valence-electron chi connectivity index (χ4n) is 2.83. The van der Waals surface area contributed by atoms with Gasteiger partial charge >= 0.3 is 0 Å². The number of carbonyl (C=O) groups is 1. The number of nitrogens with zero attached hydrogens (tertiary/aromatic N) is 1. The fourth-order valence-corrected chi connectivity index (χ4v) is 4.29. The normalized spacial score (nSPS) is 11.2. The monoisotopic (exact) mass is 453 g/mol. The summed E-state index contributed by atoms with van der Waals surface area (Å²) in [6.07, 6.45) is 0. The summed E-state index contributed by atoms with van der Waals surface area (Å²) in [4.78, 5) is 15.0. The third-order valence-electron chi connectivity index (χ3n) is 3.83. The summed E-state index contributed by atoms with van der Waals surface area (Å²) in [5.74, 6) is -0.0697. The summed E-state index contributed by atoms with van der Waals surface area (Å²) in [7, 11) is 0. The number of hydrogen-bond acceptors (Lipinski definition) is 2. The lowest BCUT2D eigenvalue weighted by Gasteiger charge is -2.32. The molecule has 128 valence electrons. The largest absolute Gasteiger partial charge is 0.507 e. The maximum absolute atomic E-state index is 13.2. The molecule has 0 unspecified atom stereocenters. The van der Waals surface area contributed by atoms with E-state index in [-0.39, 0.29) is 23.7 Å². The van der Waals surface area contributed by atoms with Crippen LogP contribution in [-0.4, -0.2) is 28.0 Å². The standard InChI is InChI=1S/C19H21Br2NO2/c1-11(2)22(12(3)4)19(24)16-17(20)14(10-15(23)18(16)21)13-8-6-5-7-9-13/h5-12,23H,1-4H3. The van der Waals surface area contributed by atoms with Gasteiger partial charge in [-0.1, -0.05) is 30.3 Å². The number of phenols is 1. The van der Waals surface area contributed by atoms with Crippen molar-refractivity contribution in [3.8, 4) is 16.9 Å². The van der Waals surface area contributed by atoms with E-state index in [0.717, 1.165) is 11.1 Å². The molecule has 1 N–H and O–H groups in total. The number of phenolic OH excluding ortho intramolecular Hbond substituents is 1. The molecule has 1 amide bonds. The number of benzene rings is 2. The van der Waals surface area contributed by atoms with Crippen molar-refractivity contribution in [2.45, 2.75) is 39.8 Å². The number of rotatable bonds is 4. The zero-order chi connectivity index (χ0) is 18.0. The number of halogens is 2. The molecule has 0 saturated carbocycles. The topological polar surface area (TPSA) is 40.5 Å². The number of aromatic hydroxyl groups is 1. The molecule has 0 aliphatic heterocycles. The van der Waals surface area contributed by atoms with E-state index in [2.05, 4.69) is 31.9 Å². The van der Waals surface area contributed by atoms with Gasteiger partial charge in [0.2, 0.25) is 0 Å². The maximum Gasteiger partial charge on any atom is 0.256 e. The average Bonchev–Trinajstić information content (AvgIpc) is 2.51. The van der Waals surface area contributed by atoms with Crippen molar-refractivity contribution in [2.24, 2.45) is 0 Å². The van der Waals surface area contributed by atoms with Crippen LogP contribution in [0, 0.1) is 0 Å². The Balaban J connectivity index is 2.66. The number of hydrogen-bond donors (Lipinski definition) is 1. The molecule has 0 aromatic heterocycles. The molecule has 0 radical (unpaired) electrons. The Morgan fingerprint density at radius 3 is 2.04 bits per heavy atom. The van der Waals surface area contributed by atoms with Crippen molar-refractivity contribution >= 4 is 37.8 Å². The Hall–Kier alpha value is -1.33. The number of amides is 1. The van der Waals surface area contributed by atoms with E-state index < -0.39 is 0 Å². The molecule has 2 aromatic carbocycles. The van der Waals surface area contributed by atoms with Crippen LogP contribution in [0.1, 0.15) is 38.1 Å². The molecule has 24 heavy (non-hydrogen) atoms. The van der Waals surface area contributed by atoms with Crippen molar-refractivity contribution in [3.05, 3.63) is 50.9 Å². The van der Waals surface area contributed by atoms with Crippen LogP contribution >= 0.6 is 31.9 Å². The van der Waals surface area contributed by atoms with Crippen LogP contribution in [0.4, 0.5) is 0 Å². The van der Waals surface area contributed by atoms with Crippen LogP contribution < -0.4 is 0 Å². The van der Waals surface area contributed by atoms with E-state index in [1.807, 2.05) is 58.0 Å². The van der Waals surface area contributed by atoms with E-state index >= 15 is 0 Å². The lowest BCUT2D eigenvalue weighted by atomic mass is 10.0. The highest BCUT2D eigenvalue weighted by molar-refractivity contribution is 9.11. The summed E-state index contributed by atoms with van der Waals surface area (Å²) in [5.41, 5.74) is 2.16. The Morgan fingerprint density at radius 2 is 1.54 bits per heavy atom. The second-order valence-corrected chi connectivity index (χ2v) is 7.80. The third-order valence-corrected chi connectivity index (χ3v) is 5.45. The van der Waals surface area contributed by atoms with Crippen molar-refractivity contribution in [1.29, 1.82) is 0 Å². The van der Waals surface area contributed by atoms with Crippen LogP contribution in [0.3, 0.4) is 0 Å². The molecule has 0 bridgehead atoms. The van der Waals surface area contributed by atoms with Gasteiger partial charge in [0.05, 0.1) is 10.0 Å². The van der Waals surface area contributed by atoms with Gasteiger partial charge in [0.1, 0.15) is 5.75 Å². The van der Waals surface area contributed by atoms with Crippen LogP contribution in [0.25, 0.3) is 11.1 Å². The summed E-state index contributed by atoms with van der Waals surface area (Å²) < 4.78 is 1.08. The van der Waals surface area contributed by atoms with E-state index in [1.54, 1.807) is 11.0 Å². The second kappa shape index (κ2) is 7.70. The van der Waals surface area contributed by atoms with Gasteiger partial charge in [-0.2, -0.15) is 0 Å². The highest BCUT2D eigenvalue weighted by Gasteiger charge is 2.28. The van der Waals surface area contributed by atoms with Crippen LogP contribution in [0.5, 0.6) is 5.75 Å². The molecule has 0 aliphatic carbocycles. The lowest BCUT2D eigenvalue weighted by molar-refractivity contribution is 0.0641. The van der Waals surface area contributed by atoms with Gasteiger partial charge in [0.15, 0.2) is 0 Å². The highest BCUT2D eigenvalue weighted by atomic mass is 79.9. The van der Waals surface area contributed by atoms with Crippen molar-refractivity contribution < 1.29 is 9.90 Å². The Labute approximate surface area is 159 Å². The predicted molar refractivity (Wildman–Crippen MR) is 105 cm³/mol. The van der Waals surface area contributed by atoms with E-state index in [4.69, 9.17) is 0 Å². The summed E-state index contributed by atoms with van der Waals surface area (Å²) in [5, 5.41) is 10.3. The minimum atomic E-state index is -0.119. The number of carbonyl (C=O) groups excluding carboxylic acids is 1. The van der Waals surface area contributed by atoms with Gasteiger partial charge in [-0.05, 0) is 71.2 Å². The first-order chi connectivity index (χ1) is 11.3. The van der Waals surface area contributed by atoms with Crippen molar-refractivity contribution in [3.63, 3.8) is 0 Å². The molecule has 5 heteroatoms. The zero-order valence-electron chi connectivity index (χ0n) is 14.2. The first kappa shape index (κ1) is 19.0. The molecule has 0 fully saturated rings. The summed E-state index contributed by atoms with van der Waals surface area (Å²) in [6, 6.07) is 11.5. The van der Waals surface area contributed by atoms with Gasteiger partial charge in [-0.3, -0.25) is 4.79 Å². The van der Waals surface area contributed by atoms with Gasteiger partial charge in [0.25, 0.3) is 5.91 Å². The quantitative estimate of drug-likeness (QED) is 0.629. The molecular formula is C19H21Br2NO2. The van der Waals surface area contributed by atoms with E-state index in [9.17, 15) is 9.90 Å². The second-order valence-electron chi connectivity index (χ2n) is 6.21. The van der Waals surface area contributed by atoms with Gasteiger partial charge in [-0.15, -0.1) is 0 Å². The minimum absolute atomic E-state index is 0.0489. The van der Waals surface area contributed by atoms with E-state index in [1.165, 1.54) is 0 Å². The SMILES string of the molecule is CC(C)N(C(=O)c1c(Br)c(O)cc(-c2ccccc2)c1Br)C(C)C. The molecule has 3 nitrogen and oxygen atoms in total. The van der Waals surface area contributed by atoms with Crippen LogP contribution in [0.2, 0.25) is 0 Å². The molecule has 0 heterocycles. The van der Waals surface area contributed by atoms with Crippen molar-refractivity contribution in [2.75, 3.05) is 0 Å². The Morgan fingerprint density at radius 1 is 1.00 bits per heavy atom. The first-order valence-electron chi connectivity index (χ1n) is 7.84. The Kier molecular flexibility index (Phi) is 6.10. The van der Waals surface area contributed by atoms with Crippen LogP contribution in [-0.2, 0) is 0 Å².